The molecular weight excluding hydrogens is 794 g/mol. The Kier molecular flexibility index (Phi) is 43.1. The van der Waals surface area contributed by atoms with Crippen LogP contribution in [0.5, 0.6) is 0 Å². The zero-order valence-corrected chi connectivity index (χ0v) is 39.9. The molecule has 0 saturated carbocycles. The van der Waals surface area contributed by atoms with Gasteiger partial charge in [0.2, 0.25) is 5.91 Å². The molecule has 0 bridgehead atoms. The fourth-order valence-electron chi connectivity index (χ4n) is 7.07. The van der Waals surface area contributed by atoms with Gasteiger partial charge >= 0.3 is 19.8 Å². The predicted molar refractivity (Wildman–Crippen MR) is 249 cm³/mol. The van der Waals surface area contributed by atoms with Crippen LogP contribution in [0.4, 0.5) is 0 Å². The van der Waals surface area contributed by atoms with Gasteiger partial charge < -0.3 is 25.2 Å². The first-order valence-electron chi connectivity index (χ1n) is 24.9. The molecule has 0 fully saturated rings. The molecule has 0 aliphatic heterocycles. The number of ether oxygens (including phenoxy) is 1. The van der Waals surface area contributed by atoms with Crippen LogP contribution in [-0.2, 0) is 32.7 Å². The van der Waals surface area contributed by atoms with E-state index < -0.39 is 57.6 Å². The highest BCUT2D eigenvalue weighted by molar-refractivity contribution is 7.47. The third kappa shape index (κ3) is 44.4. The van der Waals surface area contributed by atoms with Crippen molar-refractivity contribution in [2.24, 2.45) is 0 Å². The molecule has 0 aromatic rings. The van der Waals surface area contributed by atoms with Gasteiger partial charge in [0.1, 0.15) is 12.7 Å². The Hall–Kier alpha value is -2.04. The molecule has 0 heterocycles. The van der Waals surface area contributed by atoms with E-state index in [2.05, 4.69) is 43.5 Å². The minimum Gasteiger partial charge on any atom is -0.480 e. The lowest BCUT2D eigenvalue weighted by atomic mass is 10.0. The van der Waals surface area contributed by atoms with Crippen molar-refractivity contribution in [2.45, 2.75) is 251 Å². The van der Waals surface area contributed by atoms with Gasteiger partial charge in [-0.2, -0.15) is 0 Å². The van der Waals surface area contributed by atoms with Gasteiger partial charge in [-0.3, -0.25) is 18.6 Å². The van der Waals surface area contributed by atoms with Crippen LogP contribution in [0.25, 0.3) is 0 Å². The Bertz CT molecular complexity index is 1130. The lowest BCUT2D eigenvalue weighted by Gasteiger charge is -2.18. The number of carbonyl (C=O) groups excluding carboxylic acids is 2. The van der Waals surface area contributed by atoms with Crippen molar-refractivity contribution in [3.05, 3.63) is 24.3 Å². The summed E-state index contributed by atoms with van der Waals surface area (Å²) >= 11 is 0. The van der Waals surface area contributed by atoms with Gasteiger partial charge in [-0.25, -0.2) is 9.36 Å². The summed E-state index contributed by atoms with van der Waals surface area (Å²) in [5.41, 5.74) is 0. The SMILES string of the molecule is CCCCCCCC/C=C/CCCCCCCCCCCCCC(=O)NC(COP(=O)(O)OCC(O)COC(=O)CCCCCCC/C=C\CCCCCCCCC)C(=O)O. The van der Waals surface area contributed by atoms with Crippen LogP contribution < -0.4 is 5.32 Å². The Morgan fingerprint density at radius 3 is 1.25 bits per heavy atom. The first-order valence-corrected chi connectivity index (χ1v) is 26.4. The van der Waals surface area contributed by atoms with Gasteiger partial charge in [-0.15, -0.1) is 0 Å². The fraction of sp³-hybridized carbons (Fsp3) is 0.857. The average Bonchev–Trinajstić information content (AvgIpc) is 3.24. The molecule has 3 atom stereocenters. The number of carboxylic acid groups (broad SMARTS) is 1. The number of aliphatic hydroxyl groups excluding tert-OH is 1. The number of amides is 1. The summed E-state index contributed by atoms with van der Waals surface area (Å²) in [5, 5.41) is 21.9. The monoisotopic (exact) mass is 886 g/mol. The molecule has 358 valence electrons. The number of hydrogen-bond acceptors (Lipinski definition) is 8. The second-order valence-corrected chi connectivity index (χ2v) is 18.5. The van der Waals surface area contributed by atoms with Crippen molar-refractivity contribution in [1.82, 2.24) is 5.32 Å². The van der Waals surface area contributed by atoms with E-state index in [0.29, 0.717) is 12.8 Å². The highest BCUT2D eigenvalue weighted by atomic mass is 31.2. The van der Waals surface area contributed by atoms with Crippen molar-refractivity contribution in [3.8, 4) is 0 Å². The number of allylic oxidation sites excluding steroid dienone is 4. The number of nitrogens with one attached hydrogen (secondary N) is 1. The zero-order valence-electron chi connectivity index (χ0n) is 39.0. The number of aliphatic hydroxyl groups is 1. The van der Waals surface area contributed by atoms with Crippen molar-refractivity contribution < 1.29 is 47.8 Å². The molecule has 1 amide bonds. The number of carboxylic acids is 1. The first-order chi connectivity index (χ1) is 29.6. The van der Waals surface area contributed by atoms with Crippen LogP contribution in [0.3, 0.4) is 0 Å². The number of phosphoric ester groups is 1. The summed E-state index contributed by atoms with van der Waals surface area (Å²) in [5.74, 6) is -2.37. The number of hydrogen-bond donors (Lipinski definition) is 4. The molecule has 0 aliphatic rings. The number of unbranched alkanes of at least 4 members (excludes halogenated alkanes) is 29. The molecule has 3 unspecified atom stereocenters. The normalized spacial score (nSPS) is 13.8. The van der Waals surface area contributed by atoms with Crippen LogP contribution >= 0.6 is 7.82 Å². The van der Waals surface area contributed by atoms with Crippen LogP contribution in [0.15, 0.2) is 24.3 Å². The summed E-state index contributed by atoms with van der Waals surface area (Å²) in [4.78, 5) is 46.1. The molecule has 4 N–H and O–H groups in total. The largest absolute Gasteiger partial charge is 0.480 e. The van der Waals surface area contributed by atoms with E-state index >= 15 is 0 Å². The van der Waals surface area contributed by atoms with Crippen molar-refractivity contribution in [1.29, 1.82) is 0 Å². The summed E-state index contributed by atoms with van der Waals surface area (Å²) in [7, 11) is -4.76. The van der Waals surface area contributed by atoms with Gasteiger partial charge in [0, 0.05) is 12.8 Å². The molecule has 0 aliphatic carbocycles. The Morgan fingerprint density at radius 1 is 0.508 bits per heavy atom. The van der Waals surface area contributed by atoms with E-state index in [9.17, 15) is 34.1 Å². The predicted octanol–water partition coefficient (Wildman–Crippen LogP) is 13.4. The maximum atomic E-state index is 12.4. The maximum Gasteiger partial charge on any atom is 0.472 e. The van der Waals surface area contributed by atoms with Crippen molar-refractivity contribution in [2.75, 3.05) is 19.8 Å². The van der Waals surface area contributed by atoms with E-state index in [1.165, 1.54) is 141 Å². The first kappa shape index (κ1) is 59.0. The maximum absolute atomic E-state index is 12.4. The fourth-order valence-corrected chi connectivity index (χ4v) is 7.84. The van der Waals surface area contributed by atoms with E-state index in [-0.39, 0.29) is 12.8 Å². The van der Waals surface area contributed by atoms with Crippen LogP contribution in [0.1, 0.15) is 239 Å². The molecule has 61 heavy (non-hydrogen) atoms. The minimum absolute atomic E-state index is 0.146. The average molecular weight is 886 g/mol. The molecule has 12 heteroatoms. The van der Waals surface area contributed by atoms with Gasteiger partial charge in [0.15, 0.2) is 6.04 Å². The molecule has 0 saturated heterocycles. The van der Waals surface area contributed by atoms with E-state index in [1.54, 1.807) is 0 Å². The summed E-state index contributed by atoms with van der Waals surface area (Å²) in [6, 6.07) is -1.55. The standard InChI is InChI=1S/C49H92NO10P/c1-3-5-7-9-11-13-15-17-19-21-22-23-24-25-26-28-30-32-34-36-38-40-47(52)50-46(49(54)55)44-60-61(56,57)59-43-45(51)42-58-48(53)41-39-37-35-33-31-29-27-20-18-16-14-12-10-8-6-4-2/h17,19-20,27,45-46,51H,3-16,18,21-26,28-44H2,1-2H3,(H,50,52)(H,54,55)(H,56,57)/b19-17+,27-20-. The van der Waals surface area contributed by atoms with E-state index in [0.717, 1.165) is 57.8 Å². The molecule has 0 aromatic heterocycles. The number of esters is 1. The molecule has 0 radical (unpaired) electrons. The third-order valence-electron chi connectivity index (χ3n) is 11.0. The number of carbonyl (C=O) groups is 3. The Balaban J connectivity index is 3.84. The molecule has 11 nitrogen and oxygen atoms in total. The van der Waals surface area contributed by atoms with Gasteiger partial charge in [-0.05, 0) is 64.2 Å². The number of phosphoric acid groups is 1. The number of aliphatic carboxylic acids is 1. The van der Waals surface area contributed by atoms with Crippen LogP contribution in [-0.4, -0.2) is 64.9 Å². The smallest absolute Gasteiger partial charge is 0.472 e. The minimum atomic E-state index is -4.76. The number of rotatable bonds is 47. The lowest BCUT2D eigenvalue weighted by Crippen LogP contribution is -2.43. The van der Waals surface area contributed by atoms with Gasteiger partial charge in [0.25, 0.3) is 0 Å². The van der Waals surface area contributed by atoms with Gasteiger partial charge in [-0.1, -0.05) is 186 Å². The quantitative estimate of drug-likeness (QED) is 0.0200. The second-order valence-electron chi connectivity index (χ2n) is 17.0. The molecule has 0 rings (SSSR count). The van der Waals surface area contributed by atoms with Crippen LogP contribution in [0.2, 0.25) is 0 Å². The summed E-state index contributed by atoms with van der Waals surface area (Å²) in [6.45, 7) is 2.61. The van der Waals surface area contributed by atoms with E-state index in [1.807, 2.05) is 0 Å². The lowest BCUT2D eigenvalue weighted by molar-refractivity contribution is -0.147. The zero-order chi connectivity index (χ0) is 44.9. The topological polar surface area (TPSA) is 169 Å². The Labute approximate surface area is 372 Å². The summed E-state index contributed by atoms with van der Waals surface area (Å²) < 4.78 is 26.9. The third-order valence-corrected chi connectivity index (χ3v) is 11.9. The summed E-state index contributed by atoms with van der Waals surface area (Å²) in [6.07, 6.45) is 47.7. The van der Waals surface area contributed by atoms with Crippen molar-refractivity contribution >= 4 is 25.7 Å². The molecule has 0 spiro atoms. The van der Waals surface area contributed by atoms with Crippen LogP contribution in [0, 0.1) is 0 Å². The molecular formula is C49H92NO10P. The van der Waals surface area contributed by atoms with E-state index in [4.69, 9.17) is 13.8 Å². The Morgan fingerprint density at radius 2 is 0.852 bits per heavy atom. The van der Waals surface area contributed by atoms with Gasteiger partial charge in [0.05, 0.1) is 13.2 Å². The highest BCUT2D eigenvalue weighted by Crippen LogP contribution is 2.43. The van der Waals surface area contributed by atoms with Crippen molar-refractivity contribution in [3.63, 3.8) is 0 Å². The highest BCUT2D eigenvalue weighted by Gasteiger charge is 2.28. The second kappa shape index (κ2) is 44.6. The molecule has 0 aromatic carbocycles.